The number of aromatic carboxylic acids is 1. The summed E-state index contributed by atoms with van der Waals surface area (Å²) in [4.78, 5) is 10.9. The van der Waals surface area contributed by atoms with Gasteiger partial charge in [-0.1, -0.05) is 12.1 Å². The highest BCUT2D eigenvalue weighted by Gasteiger charge is 2.15. The summed E-state index contributed by atoms with van der Waals surface area (Å²) in [6, 6.07) is 6.30. The fourth-order valence-electron chi connectivity index (χ4n) is 1.64. The molecule has 0 bridgehead atoms. The molecule has 0 fully saturated rings. The fourth-order valence-corrected chi connectivity index (χ4v) is 1.64. The van der Waals surface area contributed by atoms with Crippen LogP contribution in [0.15, 0.2) is 24.3 Å². The number of rotatable bonds is 2. The summed E-state index contributed by atoms with van der Waals surface area (Å²) in [5, 5.41) is 12.9. The van der Waals surface area contributed by atoms with Gasteiger partial charge in [0.15, 0.2) is 0 Å². The number of aryl methyl sites for hydroxylation is 2. The molecule has 0 unspecified atom stereocenters. The number of hydrogen-bond acceptors (Lipinski definition) is 2. The van der Waals surface area contributed by atoms with Crippen molar-refractivity contribution in [2.45, 2.75) is 6.92 Å². The van der Waals surface area contributed by atoms with Crippen LogP contribution in [0.4, 0.5) is 4.39 Å². The zero-order valence-corrected chi connectivity index (χ0v) is 9.44. The van der Waals surface area contributed by atoms with Gasteiger partial charge in [0.05, 0.1) is 5.69 Å². The fraction of sp³-hybridized carbons (Fsp3) is 0.167. The summed E-state index contributed by atoms with van der Waals surface area (Å²) < 4.78 is 15.1. The van der Waals surface area contributed by atoms with Crippen LogP contribution in [0, 0.1) is 12.7 Å². The maximum atomic E-state index is 13.8. The van der Waals surface area contributed by atoms with Crippen LogP contribution in [0.3, 0.4) is 0 Å². The molecule has 0 saturated carbocycles. The lowest BCUT2D eigenvalue weighted by Gasteiger charge is -2.01. The summed E-state index contributed by atoms with van der Waals surface area (Å²) in [6.07, 6.45) is 0. The summed E-state index contributed by atoms with van der Waals surface area (Å²) in [5.74, 6) is -1.46. The summed E-state index contributed by atoms with van der Waals surface area (Å²) in [5.41, 5.74) is 1.17. The van der Waals surface area contributed by atoms with Gasteiger partial charge in [-0.2, -0.15) is 5.10 Å². The zero-order chi connectivity index (χ0) is 12.6. The lowest BCUT2D eigenvalue weighted by Crippen LogP contribution is -2.04. The predicted molar refractivity (Wildman–Crippen MR) is 60.3 cm³/mol. The first-order valence-electron chi connectivity index (χ1n) is 5.03. The second-order valence-electron chi connectivity index (χ2n) is 3.78. The predicted octanol–water partition coefficient (Wildman–Crippen LogP) is 2.23. The number of halogens is 1. The van der Waals surface area contributed by atoms with Crippen molar-refractivity contribution >= 4 is 5.97 Å². The van der Waals surface area contributed by atoms with E-state index < -0.39 is 5.97 Å². The minimum atomic E-state index is -1.08. The quantitative estimate of drug-likeness (QED) is 0.866. The third-order valence-corrected chi connectivity index (χ3v) is 2.57. The number of carboxylic acids is 1. The molecule has 0 amide bonds. The van der Waals surface area contributed by atoms with Crippen molar-refractivity contribution in [2.75, 3.05) is 0 Å². The van der Waals surface area contributed by atoms with Crippen LogP contribution in [0.25, 0.3) is 11.3 Å². The molecule has 0 aliphatic carbocycles. The lowest BCUT2D eigenvalue weighted by atomic mass is 10.1. The molecule has 5 heteroatoms. The van der Waals surface area contributed by atoms with Gasteiger partial charge in [-0.05, 0) is 24.6 Å². The molecule has 0 aliphatic heterocycles. The van der Waals surface area contributed by atoms with E-state index in [4.69, 9.17) is 5.11 Å². The molecule has 1 aromatic heterocycles. The minimum absolute atomic E-state index is 0.0286. The van der Waals surface area contributed by atoms with Gasteiger partial charge in [0.25, 0.3) is 0 Å². The normalized spacial score (nSPS) is 10.5. The molecule has 1 aromatic carbocycles. The molecule has 2 aromatic rings. The van der Waals surface area contributed by atoms with Gasteiger partial charge >= 0.3 is 5.97 Å². The molecule has 0 spiro atoms. The van der Waals surface area contributed by atoms with Crippen LogP contribution in [0.2, 0.25) is 0 Å². The average molecular weight is 234 g/mol. The van der Waals surface area contributed by atoms with Crippen LogP contribution in [0.1, 0.15) is 16.1 Å². The Bertz CT molecular complexity index is 590. The Hall–Kier alpha value is -2.17. The van der Waals surface area contributed by atoms with Crippen LogP contribution in [-0.2, 0) is 7.05 Å². The molecule has 88 valence electrons. The van der Waals surface area contributed by atoms with E-state index in [2.05, 4.69) is 5.10 Å². The summed E-state index contributed by atoms with van der Waals surface area (Å²) in [7, 11) is 1.51. The third-order valence-electron chi connectivity index (χ3n) is 2.57. The standard InChI is InChI=1S/C12H11FN2O2/c1-7-4-3-5-8(11(7)13)9-6-10(12(16)17)15(2)14-9/h3-6H,1-2H3,(H,16,17). The Morgan fingerprint density at radius 3 is 2.76 bits per heavy atom. The Kier molecular flexibility index (Phi) is 2.67. The Balaban J connectivity index is 2.58. The van der Waals surface area contributed by atoms with E-state index in [9.17, 15) is 9.18 Å². The molecule has 1 heterocycles. The van der Waals surface area contributed by atoms with Crippen molar-refractivity contribution in [2.24, 2.45) is 7.05 Å². The summed E-state index contributed by atoms with van der Waals surface area (Å²) >= 11 is 0. The zero-order valence-electron chi connectivity index (χ0n) is 9.44. The number of hydrogen-bond donors (Lipinski definition) is 1. The molecule has 2 rings (SSSR count). The summed E-state index contributed by atoms with van der Waals surface area (Å²) in [6.45, 7) is 1.65. The van der Waals surface area contributed by atoms with E-state index in [1.54, 1.807) is 25.1 Å². The van der Waals surface area contributed by atoms with Crippen LogP contribution < -0.4 is 0 Å². The van der Waals surface area contributed by atoms with Crippen LogP contribution >= 0.6 is 0 Å². The second kappa shape index (κ2) is 4.01. The van der Waals surface area contributed by atoms with Gasteiger partial charge < -0.3 is 5.11 Å². The van der Waals surface area contributed by atoms with Crippen molar-refractivity contribution < 1.29 is 14.3 Å². The Labute approximate surface area is 97.3 Å². The topological polar surface area (TPSA) is 55.1 Å². The number of benzene rings is 1. The first-order chi connectivity index (χ1) is 8.00. The first-order valence-corrected chi connectivity index (χ1v) is 5.03. The van der Waals surface area contributed by atoms with Crippen molar-refractivity contribution in [1.82, 2.24) is 9.78 Å². The van der Waals surface area contributed by atoms with E-state index >= 15 is 0 Å². The minimum Gasteiger partial charge on any atom is -0.477 e. The number of nitrogens with zero attached hydrogens (tertiary/aromatic N) is 2. The smallest absolute Gasteiger partial charge is 0.354 e. The molecule has 0 aliphatic rings. The van der Waals surface area contributed by atoms with E-state index in [1.165, 1.54) is 17.8 Å². The molecule has 1 N–H and O–H groups in total. The molecule has 17 heavy (non-hydrogen) atoms. The van der Waals surface area contributed by atoms with Gasteiger partial charge in [-0.25, -0.2) is 9.18 Å². The number of aromatic nitrogens is 2. The largest absolute Gasteiger partial charge is 0.477 e. The SMILES string of the molecule is Cc1cccc(-c2cc(C(=O)O)n(C)n2)c1F. The highest BCUT2D eigenvalue weighted by atomic mass is 19.1. The van der Waals surface area contributed by atoms with Gasteiger partial charge in [0.2, 0.25) is 0 Å². The van der Waals surface area contributed by atoms with Crippen molar-refractivity contribution in [3.05, 3.63) is 41.3 Å². The van der Waals surface area contributed by atoms with Crippen LogP contribution in [-0.4, -0.2) is 20.9 Å². The first kappa shape index (κ1) is 11.3. The maximum Gasteiger partial charge on any atom is 0.354 e. The molecule has 4 nitrogen and oxygen atoms in total. The molecule has 0 atom stereocenters. The van der Waals surface area contributed by atoms with E-state index in [0.717, 1.165) is 0 Å². The van der Waals surface area contributed by atoms with Gasteiger partial charge in [-0.15, -0.1) is 0 Å². The highest BCUT2D eigenvalue weighted by Crippen LogP contribution is 2.24. The highest BCUT2D eigenvalue weighted by molar-refractivity contribution is 5.87. The molecular weight excluding hydrogens is 223 g/mol. The maximum absolute atomic E-state index is 13.8. The lowest BCUT2D eigenvalue weighted by molar-refractivity contribution is 0.0685. The van der Waals surface area contributed by atoms with Crippen molar-refractivity contribution in [1.29, 1.82) is 0 Å². The van der Waals surface area contributed by atoms with E-state index in [0.29, 0.717) is 16.8 Å². The van der Waals surface area contributed by atoms with Crippen molar-refractivity contribution in [3.63, 3.8) is 0 Å². The average Bonchev–Trinajstić information content (AvgIpc) is 2.64. The van der Waals surface area contributed by atoms with Crippen molar-refractivity contribution in [3.8, 4) is 11.3 Å². The van der Waals surface area contributed by atoms with E-state index in [1.807, 2.05) is 0 Å². The van der Waals surface area contributed by atoms with Gasteiger partial charge in [0.1, 0.15) is 11.5 Å². The molecular formula is C12H11FN2O2. The number of carbonyl (C=O) groups is 1. The van der Waals surface area contributed by atoms with Gasteiger partial charge in [-0.3, -0.25) is 4.68 Å². The number of carboxylic acid groups (broad SMARTS) is 1. The van der Waals surface area contributed by atoms with E-state index in [-0.39, 0.29) is 11.5 Å². The Morgan fingerprint density at radius 2 is 2.18 bits per heavy atom. The molecule has 0 saturated heterocycles. The Morgan fingerprint density at radius 1 is 1.47 bits per heavy atom. The third kappa shape index (κ3) is 1.91. The van der Waals surface area contributed by atoms with Crippen LogP contribution in [0.5, 0.6) is 0 Å². The van der Waals surface area contributed by atoms with Gasteiger partial charge in [0, 0.05) is 12.6 Å². The second-order valence-corrected chi connectivity index (χ2v) is 3.78. The monoisotopic (exact) mass is 234 g/mol. The molecule has 0 radical (unpaired) electrons.